The molecule has 2 rings (SSSR count). The van der Waals surface area contributed by atoms with Gasteiger partial charge in [0.1, 0.15) is 10.5 Å². The van der Waals surface area contributed by atoms with Crippen molar-refractivity contribution in [3.8, 4) is 0 Å². The molecule has 0 aliphatic heterocycles. The van der Waals surface area contributed by atoms with Crippen LogP contribution in [0, 0.1) is 6.92 Å². The first kappa shape index (κ1) is 9.27. The summed E-state index contributed by atoms with van der Waals surface area (Å²) < 4.78 is 4.90. The summed E-state index contributed by atoms with van der Waals surface area (Å²) in [6, 6.07) is 1.85. The monoisotopic (exact) mass is 209 g/mol. The third kappa shape index (κ3) is 1.42. The molecule has 0 spiro atoms. The molecule has 0 aliphatic carbocycles. The minimum absolute atomic E-state index is 0.282. The lowest BCUT2D eigenvalue weighted by atomic mass is 10.2. The fourth-order valence-corrected chi connectivity index (χ4v) is 2.29. The van der Waals surface area contributed by atoms with E-state index in [-0.39, 0.29) is 5.97 Å². The van der Waals surface area contributed by atoms with Gasteiger partial charge in [0.15, 0.2) is 0 Å². The summed E-state index contributed by atoms with van der Waals surface area (Å²) in [6.45, 7) is 4.24. The van der Waals surface area contributed by atoms with Gasteiger partial charge in [-0.25, -0.2) is 4.79 Å². The van der Waals surface area contributed by atoms with Crippen LogP contribution in [0.4, 0.5) is 0 Å². The van der Waals surface area contributed by atoms with E-state index < -0.39 is 0 Å². The van der Waals surface area contributed by atoms with Gasteiger partial charge in [-0.3, -0.25) is 0 Å². The summed E-state index contributed by atoms with van der Waals surface area (Å²) in [5, 5.41) is 3.17. The second-order valence-electron chi connectivity index (χ2n) is 3.06. The van der Waals surface area contributed by atoms with Gasteiger partial charge in [-0.1, -0.05) is 0 Å². The summed E-state index contributed by atoms with van der Waals surface area (Å²) in [6.07, 6.45) is 0. The van der Waals surface area contributed by atoms with Crippen LogP contribution >= 0.6 is 11.3 Å². The predicted octanol–water partition coefficient (Wildman–Crippen LogP) is 2.71. The molecule has 3 nitrogen and oxygen atoms in total. The van der Waals surface area contributed by atoms with E-state index in [2.05, 4.69) is 10.4 Å². The maximum atomic E-state index is 11.4. The molecule has 0 atom stereocenters. The molecule has 2 aromatic rings. The van der Waals surface area contributed by atoms with E-state index in [1.165, 1.54) is 5.56 Å². The summed E-state index contributed by atoms with van der Waals surface area (Å²) in [5.41, 5.74) is 1.73. The van der Waals surface area contributed by atoms with Gasteiger partial charge in [0.2, 0.25) is 0 Å². The van der Waals surface area contributed by atoms with E-state index in [9.17, 15) is 4.79 Å². The maximum absolute atomic E-state index is 11.4. The van der Waals surface area contributed by atoms with Crippen LogP contribution in [0.5, 0.6) is 0 Å². The van der Waals surface area contributed by atoms with Crippen molar-refractivity contribution >= 4 is 27.5 Å². The molecule has 0 bridgehead atoms. The average molecular weight is 209 g/mol. The Morgan fingerprint density at radius 3 is 3.07 bits per heavy atom. The van der Waals surface area contributed by atoms with E-state index in [4.69, 9.17) is 4.74 Å². The zero-order valence-electron chi connectivity index (χ0n) is 8.09. The number of carbonyl (C=O) groups is 1. The van der Waals surface area contributed by atoms with Gasteiger partial charge in [-0.2, -0.15) is 0 Å². The standard InChI is InChI=1S/C10H11NO2S/c1-3-13-10(12)8-4-7-6(2)5-14-9(7)11-8/h4-5,11H,3H2,1-2H3. The molecule has 4 heteroatoms. The lowest BCUT2D eigenvalue weighted by Gasteiger charge is -1.96. The maximum Gasteiger partial charge on any atom is 0.354 e. The number of nitrogens with one attached hydrogen (secondary N) is 1. The largest absolute Gasteiger partial charge is 0.461 e. The molecule has 0 saturated carbocycles. The molecule has 0 radical (unpaired) electrons. The minimum atomic E-state index is -0.282. The first-order valence-electron chi connectivity index (χ1n) is 4.46. The zero-order chi connectivity index (χ0) is 10.1. The second kappa shape index (κ2) is 3.46. The van der Waals surface area contributed by atoms with Gasteiger partial charge in [-0.15, -0.1) is 11.3 Å². The van der Waals surface area contributed by atoms with Crippen molar-refractivity contribution in [2.75, 3.05) is 6.61 Å². The van der Waals surface area contributed by atoms with Crippen molar-refractivity contribution in [2.24, 2.45) is 0 Å². The lowest BCUT2D eigenvalue weighted by molar-refractivity contribution is 0.0520. The van der Waals surface area contributed by atoms with Gasteiger partial charge >= 0.3 is 5.97 Å². The van der Waals surface area contributed by atoms with Gasteiger partial charge in [-0.05, 0) is 30.9 Å². The van der Waals surface area contributed by atoms with Crippen molar-refractivity contribution < 1.29 is 9.53 Å². The smallest absolute Gasteiger partial charge is 0.354 e. The Labute approximate surface area is 85.7 Å². The van der Waals surface area contributed by atoms with Gasteiger partial charge in [0.25, 0.3) is 0 Å². The van der Waals surface area contributed by atoms with E-state index in [1.807, 2.05) is 13.0 Å². The predicted molar refractivity (Wildman–Crippen MR) is 56.9 cm³/mol. The number of hydrogen-bond donors (Lipinski definition) is 1. The van der Waals surface area contributed by atoms with Crippen LogP contribution in [0.15, 0.2) is 11.4 Å². The van der Waals surface area contributed by atoms with Crippen molar-refractivity contribution in [3.05, 3.63) is 22.7 Å². The number of aromatic amines is 1. The molecule has 0 amide bonds. The zero-order valence-corrected chi connectivity index (χ0v) is 8.90. The van der Waals surface area contributed by atoms with Crippen LogP contribution in [0.1, 0.15) is 23.0 Å². The third-order valence-corrected chi connectivity index (χ3v) is 3.08. The number of ether oxygens (including phenoxy) is 1. The highest BCUT2D eigenvalue weighted by Crippen LogP contribution is 2.25. The summed E-state index contributed by atoms with van der Waals surface area (Å²) in [5.74, 6) is -0.282. The summed E-state index contributed by atoms with van der Waals surface area (Å²) >= 11 is 1.61. The Hall–Kier alpha value is -1.29. The molecule has 0 aromatic carbocycles. The third-order valence-electron chi connectivity index (χ3n) is 2.06. The molecular weight excluding hydrogens is 198 g/mol. The Morgan fingerprint density at radius 1 is 1.64 bits per heavy atom. The highest BCUT2D eigenvalue weighted by molar-refractivity contribution is 7.17. The van der Waals surface area contributed by atoms with Crippen LogP contribution in [-0.4, -0.2) is 17.6 Å². The molecule has 2 heterocycles. The summed E-state index contributed by atoms with van der Waals surface area (Å²) in [4.78, 5) is 15.5. The SMILES string of the molecule is CCOC(=O)c1cc2c(C)csc2[nH]1. The van der Waals surface area contributed by atoms with E-state index in [1.54, 1.807) is 18.3 Å². The second-order valence-corrected chi connectivity index (χ2v) is 3.94. The molecule has 1 N–H and O–H groups in total. The Kier molecular flexibility index (Phi) is 2.29. The summed E-state index contributed by atoms with van der Waals surface area (Å²) in [7, 11) is 0. The Morgan fingerprint density at radius 2 is 2.43 bits per heavy atom. The number of aryl methyl sites for hydroxylation is 1. The van der Waals surface area contributed by atoms with Crippen LogP contribution in [-0.2, 0) is 4.74 Å². The fraction of sp³-hybridized carbons (Fsp3) is 0.300. The van der Waals surface area contributed by atoms with E-state index in [0.29, 0.717) is 12.3 Å². The number of rotatable bonds is 2. The first-order chi connectivity index (χ1) is 6.72. The molecule has 0 saturated heterocycles. The first-order valence-corrected chi connectivity index (χ1v) is 5.34. The number of carbonyl (C=O) groups excluding carboxylic acids is 1. The minimum Gasteiger partial charge on any atom is -0.461 e. The van der Waals surface area contributed by atoms with Gasteiger partial charge < -0.3 is 9.72 Å². The van der Waals surface area contributed by atoms with Gasteiger partial charge in [0, 0.05) is 5.39 Å². The van der Waals surface area contributed by atoms with Crippen LogP contribution < -0.4 is 0 Å². The molecule has 0 unspecified atom stereocenters. The van der Waals surface area contributed by atoms with E-state index >= 15 is 0 Å². The number of hydrogen-bond acceptors (Lipinski definition) is 3. The number of esters is 1. The number of thiophene rings is 1. The highest BCUT2D eigenvalue weighted by atomic mass is 32.1. The van der Waals surface area contributed by atoms with Crippen LogP contribution in [0.2, 0.25) is 0 Å². The van der Waals surface area contributed by atoms with E-state index in [0.717, 1.165) is 10.2 Å². The number of H-pyrrole nitrogens is 1. The Balaban J connectivity index is 2.40. The molecule has 0 fully saturated rings. The number of fused-ring (bicyclic) bond motifs is 1. The van der Waals surface area contributed by atoms with Crippen LogP contribution in [0.3, 0.4) is 0 Å². The topological polar surface area (TPSA) is 42.1 Å². The molecule has 0 aliphatic rings. The molecular formula is C10H11NO2S. The van der Waals surface area contributed by atoms with Crippen molar-refractivity contribution in [2.45, 2.75) is 13.8 Å². The fourth-order valence-electron chi connectivity index (χ4n) is 1.35. The van der Waals surface area contributed by atoms with Crippen molar-refractivity contribution in [1.29, 1.82) is 0 Å². The van der Waals surface area contributed by atoms with Gasteiger partial charge in [0.05, 0.1) is 6.61 Å². The molecule has 14 heavy (non-hydrogen) atoms. The van der Waals surface area contributed by atoms with Crippen molar-refractivity contribution in [3.63, 3.8) is 0 Å². The van der Waals surface area contributed by atoms with Crippen molar-refractivity contribution in [1.82, 2.24) is 4.98 Å². The average Bonchev–Trinajstić information content (AvgIpc) is 2.69. The lowest BCUT2D eigenvalue weighted by Crippen LogP contribution is -2.04. The molecule has 2 aromatic heterocycles. The molecule has 74 valence electrons. The normalized spacial score (nSPS) is 10.7. The van der Waals surface area contributed by atoms with Crippen LogP contribution in [0.25, 0.3) is 10.2 Å². The highest BCUT2D eigenvalue weighted by Gasteiger charge is 2.11. The number of aromatic nitrogens is 1. The Bertz CT molecular complexity index is 469. The quantitative estimate of drug-likeness (QED) is 0.773.